The second-order valence-corrected chi connectivity index (χ2v) is 4.76. The number of rotatable bonds is 5. The molecule has 0 unspecified atom stereocenters. The number of ether oxygens (including phenoxy) is 1. The van der Waals surface area contributed by atoms with Gasteiger partial charge in [-0.25, -0.2) is 4.98 Å². The van der Waals surface area contributed by atoms with Crippen LogP contribution in [0.2, 0.25) is 0 Å². The molecule has 0 aliphatic rings. The zero-order valence-electron chi connectivity index (χ0n) is 11.7. The summed E-state index contributed by atoms with van der Waals surface area (Å²) in [6, 6.07) is 11.4. The van der Waals surface area contributed by atoms with Gasteiger partial charge in [0.2, 0.25) is 5.88 Å². The molecule has 23 heavy (non-hydrogen) atoms. The first kappa shape index (κ1) is 16.1. The molecule has 0 saturated heterocycles. The third-order valence-corrected chi connectivity index (χ3v) is 2.95. The molecule has 1 aromatic carbocycles. The highest BCUT2D eigenvalue weighted by Crippen LogP contribution is 2.22. The van der Waals surface area contributed by atoms with Crippen LogP contribution in [0.4, 0.5) is 5.69 Å². The van der Waals surface area contributed by atoms with E-state index in [2.05, 4.69) is 4.98 Å². The molecule has 0 spiro atoms. The van der Waals surface area contributed by atoms with Crippen molar-refractivity contribution in [3.63, 3.8) is 0 Å². The highest BCUT2D eigenvalue weighted by Gasteiger charge is 2.06. The number of nitro groups is 1. The third kappa shape index (κ3) is 4.33. The second-order valence-electron chi connectivity index (χ2n) is 4.32. The molecule has 2 aromatic rings. The number of aromatic nitrogens is 1. The molecule has 0 amide bonds. The van der Waals surface area contributed by atoms with E-state index in [4.69, 9.17) is 28.0 Å². The van der Waals surface area contributed by atoms with Crippen LogP contribution in [0.25, 0.3) is 6.08 Å². The van der Waals surface area contributed by atoms with Gasteiger partial charge in [0.1, 0.15) is 23.0 Å². The number of nitrogens with two attached hydrogens (primary N) is 1. The van der Waals surface area contributed by atoms with E-state index in [-0.39, 0.29) is 22.1 Å². The van der Waals surface area contributed by atoms with Crippen LogP contribution in [-0.2, 0) is 0 Å². The monoisotopic (exact) mass is 326 g/mol. The lowest BCUT2D eigenvalue weighted by Gasteiger charge is -2.04. The Balaban J connectivity index is 2.12. The Morgan fingerprint density at radius 2 is 2.04 bits per heavy atom. The zero-order chi connectivity index (χ0) is 16.8. The maximum atomic E-state index is 10.5. The summed E-state index contributed by atoms with van der Waals surface area (Å²) in [6.07, 6.45) is 2.68. The summed E-state index contributed by atoms with van der Waals surface area (Å²) in [4.78, 5) is 13.9. The van der Waals surface area contributed by atoms with Crippen LogP contribution in [0.1, 0.15) is 5.56 Å². The number of nitriles is 1. The van der Waals surface area contributed by atoms with Crippen LogP contribution < -0.4 is 10.5 Å². The van der Waals surface area contributed by atoms with Crippen LogP contribution in [0.3, 0.4) is 0 Å². The Bertz CT molecular complexity index is 808. The lowest BCUT2D eigenvalue weighted by molar-refractivity contribution is -0.385. The quantitative estimate of drug-likeness (QED) is 0.295. The van der Waals surface area contributed by atoms with Crippen molar-refractivity contribution in [1.29, 1.82) is 5.26 Å². The maximum Gasteiger partial charge on any atom is 0.287 e. The van der Waals surface area contributed by atoms with Crippen molar-refractivity contribution in [2.24, 2.45) is 5.73 Å². The Hall–Kier alpha value is -3.31. The zero-order valence-corrected chi connectivity index (χ0v) is 12.5. The van der Waals surface area contributed by atoms with Crippen molar-refractivity contribution in [2.45, 2.75) is 0 Å². The molecule has 0 saturated carbocycles. The summed E-state index contributed by atoms with van der Waals surface area (Å²) in [5, 5.41) is 19.4. The second kappa shape index (κ2) is 7.11. The number of nitrogens with zero attached hydrogens (tertiary/aromatic N) is 3. The molecule has 7 nitrogen and oxygen atoms in total. The average molecular weight is 326 g/mol. The van der Waals surface area contributed by atoms with Gasteiger partial charge in [-0.05, 0) is 23.8 Å². The highest BCUT2D eigenvalue weighted by molar-refractivity contribution is 7.80. The number of pyridine rings is 1. The van der Waals surface area contributed by atoms with Gasteiger partial charge >= 0.3 is 0 Å². The summed E-state index contributed by atoms with van der Waals surface area (Å²) in [6.45, 7) is 0. The molecule has 0 aliphatic heterocycles. The number of thiocarbonyl (C=S) groups is 1. The molecular weight excluding hydrogens is 316 g/mol. The lowest BCUT2D eigenvalue weighted by atomic mass is 10.1. The van der Waals surface area contributed by atoms with E-state index in [9.17, 15) is 10.1 Å². The maximum absolute atomic E-state index is 10.5. The summed E-state index contributed by atoms with van der Waals surface area (Å²) < 4.78 is 5.48. The van der Waals surface area contributed by atoms with E-state index >= 15 is 0 Å². The van der Waals surface area contributed by atoms with Gasteiger partial charge < -0.3 is 10.5 Å². The minimum absolute atomic E-state index is 0.0305. The van der Waals surface area contributed by atoms with Gasteiger partial charge in [-0.2, -0.15) is 5.26 Å². The fraction of sp³-hybridized carbons (Fsp3) is 0. The average Bonchev–Trinajstić information content (AvgIpc) is 2.54. The van der Waals surface area contributed by atoms with Gasteiger partial charge in [0.05, 0.1) is 10.5 Å². The van der Waals surface area contributed by atoms with Crippen LogP contribution >= 0.6 is 12.2 Å². The van der Waals surface area contributed by atoms with Crippen molar-refractivity contribution in [3.05, 3.63) is 63.8 Å². The molecular formula is C15H10N4O3S. The predicted molar refractivity (Wildman–Crippen MR) is 87.8 cm³/mol. The van der Waals surface area contributed by atoms with Gasteiger partial charge in [-0.3, -0.25) is 10.1 Å². The molecule has 0 aliphatic carbocycles. The van der Waals surface area contributed by atoms with Gasteiger partial charge in [0.15, 0.2) is 0 Å². The van der Waals surface area contributed by atoms with E-state index in [1.807, 2.05) is 6.07 Å². The first-order valence-corrected chi connectivity index (χ1v) is 6.70. The Kier molecular flexibility index (Phi) is 4.96. The Morgan fingerprint density at radius 3 is 2.52 bits per heavy atom. The van der Waals surface area contributed by atoms with E-state index in [1.54, 1.807) is 30.3 Å². The molecule has 1 heterocycles. The third-order valence-electron chi connectivity index (χ3n) is 2.73. The number of benzene rings is 1. The van der Waals surface area contributed by atoms with E-state index in [0.717, 1.165) is 11.8 Å². The van der Waals surface area contributed by atoms with Gasteiger partial charge in [-0.15, -0.1) is 0 Å². The van der Waals surface area contributed by atoms with E-state index < -0.39 is 4.92 Å². The summed E-state index contributed by atoms with van der Waals surface area (Å²) in [5.74, 6) is 0.733. The largest absolute Gasteiger partial charge is 0.439 e. The van der Waals surface area contributed by atoms with Crippen molar-refractivity contribution >= 4 is 29.0 Å². The molecule has 0 bridgehead atoms. The van der Waals surface area contributed by atoms with E-state index in [0.29, 0.717) is 5.75 Å². The molecule has 114 valence electrons. The minimum atomic E-state index is -0.535. The fourth-order valence-electron chi connectivity index (χ4n) is 1.62. The van der Waals surface area contributed by atoms with Crippen molar-refractivity contribution in [1.82, 2.24) is 4.98 Å². The first-order chi connectivity index (χ1) is 11.0. The number of hydrogen-bond acceptors (Lipinski definition) is 6. The van der Waals surface area contributed by atoms with Crippen LogP contribution in [0, 0.1) is 21.4 Å². The topological polar surface area (TPSA) is 115 Å². The highest BCUT2D eigenvalue weighted by atomic mass is 32.1. The molecule has 0 fully saturated rings. The smallest absolute Gasteiger partial charge is 0.287 e. The van der Waals surface area contributed by atoms with Crippen molar-refractivity contribution in [3.8, 4) is 17.7 Å². The molecule has 2 N–H and O–H groups in total. The van der Waals surface area contributed by atoms with Crippen LogP contribution in [-0.4, -0.2) is 14.9 Å². The molecule has 0 atom stereocenters. The van der Waals surface area contributed by atoms with Gasteiger partial charge in [-0.1, -0.05) is 24.4 Å². The van der Waals surface area contributed by atoms with Crippen molar-refractivity contribution in [2.75, 3.05) is 0 Å². The summed E-state index contributed by atoms with van der Waals surface area (Å²) in [5.41, 5.74) is 6.26. The molecule has 8 heteroatoms. The van der Waals surface area contributed by atoms with Crippen LogP contribution in [0.5, 0.6) is 11.6 Å². The number of hydrogen-bond donors (Lipinski definition) is 1. The lowest BCUT2D eigenvalue weighted by Crippen LogP contribution is -2.09. The predicted octanol–water partition coefficient (Wildman–Crippen LogP) is 2.98. The van der Waals surface area contributed by atoms with Crippen LogP contribution in [0.15, 0.2) is 48.2 Å². The SMILES string of the molecule is N#CC(=Cc1ccc(Oc2ccc([N+](=O)[O-])cn2)cc1)C(N)=S. The molecule has 1 aromatic heterocycles. The fourth-order valence-corrected chi connectivity index (χ4v) is 1.72. The van der Waals surface area contributed by atoms with Crippen molar-refractivity contribution < 1.29 is 9.66 Å². The summed E-state index contributed by atoms with van der Waals surface area (Å²) in [7, 11) is 0. The molecule has 2 rings (SSSR count). The first-order valence-electron chi connectivity index (χ1n) is 6.29. The van der Waals surface area contributed by atoms with Gasteiger partial charge in [0, 0.05) is 12.1 Å². The Labute approximate surface area is 136 Å². The normalized spacial score (nSPS) is 10.7. The summed E-state index contributed by atoms with van der Waals surface area (Å²) >= 11 is 4.76. The van der Waals surface area contributed by atoms with E-state index in [1.165, 1.54) is 12.1 Å². The Morgan fingerprint density at radius 1 is 1.35 bits per heavy atom. The van der Waals surface area contributed by atoms with Gasteiger partial charge in [0.25, 0.3) is 5.69 Å². The standard InChI is InChI=1S/C15H10N4O3S/c16-8-11(15(17)23)7-10-1-4-13(5-2-10)22-14-6-3-12(9-18-14)19(20)21/h1-7,9H,(H2,17,23). The molecule has 0 radical (unpaired) electrons. The minimum Gasteiger partial charge on any atom is -0.439 e.